The molecule has 0 unspecified atom stereocenters. The van der Waals surface area contributed by atoms with E-state index in [4.69, 9.17) is 6.42 Å². The molecule has 0 atom stereocenters. The predicted molar refractivity (Wildman–Crippen MR) is 165 cm³/mol. The number of anilines is 1. The average molecular weight is 559 g/mol. The number of rotatable bonds is 8. The second kappa shape index (κ2) is 12.6. The number of carbonyl (C=O) groups is 2. The first-order valence-corrected chi connectivity index (χ1v) is 13.8. The molecule has 1 aliphatic heterocycles. The van der Waals surface area contributed by atoms with Gasteiger partial charge in [0.05, 0.1) is 5.56 Å². The first kappa shape index (κ1) is 28.4. The smallest absolute Gasteiger partial charge is 0.336 e. The molecule has 1 heterocycles. The van der Waals surface area contributed by atoms with Crippen LogP contribution in [0.3, 0.4) is 0 Å². The van der Waals surface area contributed by atoms with Gasteiger partial charge in [-0.25, -0.2) is 9.18 Å². The van der Waals surface area contributed by atoms with Gasteiger partial charge >= 0.3 is 5.97 Å². The number of halogens is 1. The van der Waals surface area contributed by atoms with E-state index in [-0.39, 0.29) is 17.3 Å². The highest BCUT2D eigenvalue weighted by atomic mass is 19.1. The molecular weight excluding hydrogens is 527 g/mol. The Bertz CT molecular complexity index is 1730. The molecule has 42 heavy (non-hydrogen) atoms. The fourth-order valence-electron chi connectivity index (χ4n) is 5.34. The number of nitrogens with one attached hydrogen (secondary N) is 1. The van der Waals surface area contributed by atoms with Gasteiger partial charge in [0.25, 0.3) is 5.91 Å². The number of aryl methyl sites for hydroxylation is 1. The number of nitrogens with zero attached hydrogens (tertiary/aromatic N) is 1. The quantitative estimate of drug-likeness (QED) is 0.230. The number of benzene rings is 4. The summed E-state index contributed by atoms with van der Waals surface area (Å²) >= 11 is 0. The lowest BCUT2D eigenvalue weighted by Gasteiger charge is -2.32. The van der Waals surface area contributed by atoms with Crippen LogP contribution in [0.15, 0.2) is 90.5 Å². The van der Waals surface area contributed by atoms with Crippen molar-refractivity contribution in [2.45, 2.75) is 26.3 Å². The molecule has 0 bridgehead atoms. The highest BCUT2D eigenvalue weighted by molar-refractivity contribution is 5.96. The number of carboxylic acid groups (broad SMARTS) is 1. The maximum Gasteiger partial charge on any atom is 0.336 e. The van der Waals surface area contributed by atoms with Gasteiger partial charge in [0.2, 0.25) is 0 Å². The van der Waals surface area contributed by atoms with Crippen LogP contribution in [0.1, 0.15) is 56.3 Å². The largest absolute Gasteiger partial charge is 0.478 e. The van der Waals surface area contributed by atoms with Crippen LogP contribution in [0.4, 0.5) is 10.1 Å². The van der Waals surface area contributed by atoms with Gasteiger partial charge in [-0.2, -0.15) is 0 Å². The topological polar surface area (TPSA) is 69.6 Å². The van der Waals surface area contributed by atoms with Crippen molar-refractivity contribution >= 4 is 23.6 Å². The molecule has 1 aliphatic rings. The second-order valence-corrected chi connectivity index (χ2v) is 10.4. The van der Waals surface area contributed by atoms with Crippen LogP contribution >= 0.6 is 0 Å². The number of terminal acetylenes is 1. The zero-order valence-corrected chi connectivity index (χ0v) is 23.4. The lowest BCUT2D eigenvalue weighted by molar-refractivity contribution is 0.0697. The maximum atomic E-state index is 15.3. The van der Waals surface area contributed by atoms with Crippen molar-refractivity contribution in [1.29, 1.82) is 0 Å². The molecule has 0 radical (unpaired) electrons. The molecule has 5 rings (SSSR count). The Morgan fingerprint density at radius 2 is 1.83 bits per heavy atom. The Balaban J connectivity index is 1.28. The molecule has 210 valence electrons. The monoisotopic (exact) mass is 558 g/mol. The molecule has 4 aromatic carbocycles. The third-order valence-electron chi connectivity index (χ3n) is 7.49. The highest BCUT2D eigenvalue weighted by Gasteiger charge is 2.21. The molecule has 1 amide bonds. The summed E-state index contributed by atoms with van der Waals surface area (Å²) in [6.07, 6.45) is 9.30. The summed E-state index contributed by atoms with van der Waals surface area (Å²) in [5.74, 6) is 1.09. The Labute approximate surface area is 245 Å². The Morgan fingerprint density at radius 1 is 1.05 bits per heavy atom. The van der Waals surface area contributed by atoms with E-state index in [1.807, 2.05) is 55.5 Å². The van der Waals surface area contributed by atoms with E-state index >= 15 is 4.39 Å². The summed E-state index contributed by atoms with van der Waals surface area (Å²) in [6.45, 7) is 3.49. The van der Waals surface area contributed by atoms with Crippen LogP contribution in [-0.2, 0) is 13.0 Å². The van der Waals surface area contributed by atoms with Gasteiger partial charge in [0.15, 0.2) is 0 Å². The third-order valence-corrected chi connectivity index (χ3v) is 7.49. The molecule has 0 spiro atoms. The number of carbonyl (C=O) groups excluding carboxylic acids is 1. The van der Waals surface area contributed by atoms with Crippen molar-refractivity contribution in [2.24, 2.45) is 0 Å². The van der Waals surface area contributed by atoms with E-state index in [0.717, 1.165) is 47.3 Å². The first-order chi connectivity index (χ1) is 20.3. The van der Waals surface area contributed by atoms with Crippen molar-refractivity contribution in [2.75, 3.05) is 18.0 Å². The Morgan fingerprint density at radius 3 is 2.62 bits per heavy atom. The molecule has 0 aromatic heterocycles. The molecular formula is C36H31FN2O3. The van der Waals surface area contributed by atoms with Crippen molar-refractivity contribution < 1.29 is 19.1 Å². The van der Waals surface area contributed by atoms with Gasteiger partial charge < -0.3 is 15.3 Å². The van der Waals surface area contributed by atoms with E-state index in [2.05, 4.69) is 16.1 Å². The molecule has 6 heteroatoms. The van der Waals surface area contributed by atoms with Crippen LogP contribution in [0.2, 0.25) is 0 Å². The van der Waals surface area contributed by atoms with Gasteiger partial charge in [-0.05, 0) is 78.4 Å². The second-order valence-electron chi connectivity index (χ2n) is 10.4. The van der Waals surface area contributed by atoms with Gasteiger partial charge in [0.1, 0.15) is 5.82 Å². The Kier molecular flexibility index (Phi) is 8.50. The summed E-state index contributed by atoms with van der Waals surface area (Å²) in [7, 11) is 0. The summed E-state index contributed by atoms with van der Waals surface area (Å²) in [4.78, 5) is 26.7. The summed E-state index contributed by atoms with van der Waals surface area (Å²) in [6, 6.07) is 24.8. The fraction of sp³-hybridized carbons (Fsp3) is 0.167. The van der Waals surface area contributed by atoms with Crippen LogP contribution in [0.25, 0.3) is 17.2 Å². The van der Waals surface area contributed by atoms with Crippen LogP contribution in [0, 0.1) is 18.2 Å². The van der Waals surface area contributed by atoms with Crippen LogP contribution in [-0.4, -0.2) is 30.1 Å². The number of aromatic carboxylic acids is 1. The number of hydrogen-bond acceptors (Lipinski definition) is 3. The molecule has 2 N–H and O–H groups in total. The minimum absolute atomic E-state index is 0.134. The van der Waals surface area contributed by atoms with E-state index < -0.39 is 5.97 Å². The molecule has 5 nitrogen and oxygen atoms in total. The highest BCUT2D eigenvalue weighted by Crippen LogP contribution is 2.31. The maximum absolute atomic E-state index is 15.3. The summed E-state index contributed by atoms with van der Waals surface area (Å²) < 4.78 is 15.3. The van der Waals surface area contributed by atoms with Gasteiger partial charge in [-0.1, -0.05) is 66.1 Å². The fourth-order valence-corrected chi connectivity index (χ4v) is 5.34. The third kappa shape index (κ3) is 6.26. The van der Waals surface area contributed by atoms with Gasteiger partial charge in [-0.15, -0.1) is 6.42 Å². The van der Waals surface area contributed by atoms with Gasteiger partial charge in [0, 0.05) is 42.0 Å². The van der Waals surface area contributed by atoms with Crippen LogP contribution in [0.5, 0.6) is 0 Å². The minimum Gasteiger partial charge on any atom is -0.478 e. The first-order valence-electron chi connectivity index (χ1n) is 13.8. The van der Waals surface area contributed by atoms with E-state index in [0.29, 0.717) is 35.3 Å². The molecule has 0 saturated heterocycles. The minimum atomic E-state index is -1.05. The van der Waals surface area contributed by atoms with Crippen molar-refractivity contribution in [3.63, 3.8) is 0 Å². The van der Waals surface area contributed by atoms with E-state index in [1.54, 1.807) is 30.3 Å². The average Bonchev–Trinajstić information content (AvgIpc) is 3.01. The van der Waals surface area contributed by atoms with Crippen LogP contribution < -0.4 is 10.2 Å². The molecule has 4 aromatic rings. The van der Waals surface area contributed by atoms with Crippen molar-refractivity contribution in [1.82, 2.24) is 5.32 Å². The molecule has 0 fully saturated rings. The number of amides is 1. The van der Waals surface area contributed by atoms with Crippen molar-refractivity contribution in [3.8, 4) is 23.5 Å². The number of carboxylic acids is 1. The Hall–Kier alpha value is -5.15. The number of hydrogen-bond donors (Lipinski definition) is 2. The van der Waals surface area contributed by atoms with Crippen molar-refractivity contribution in [3.05, 3.63) is 130 Å². The number of fused-ring (bicyclic) bond motifs is 1. The normalized spacial score (nSPS) is 12.8. The zero-order valence-electron chi connectivity index (χ0n) is 23.4. The summed E-state index contributed by atoms with van der Waals surface area (Å²) in [5.41, 5.74) is 7.01. The standard InChI is InChI=1S/C36H31FN2O3/c1-3-25-9-4-5-10-26(25)19-24(2)22-38-35(40)29-16-17-34-28(20-29)11-8-18-39(34)23-30-15-14-27(21-33(30)37)31-12-6-7-13-32(31)36(41)42/h1,4-7,9-10,12-17,19-21H,8,11,18,22-23H2,2H3,(H,38,40)(H,41,42)/b24-19+. The SMILES string of the molecule is C#Cc1ccccc1/C=C(\C)CNC(=O)c1ccc2c(c1)CCCN2Cc1ccc(-c2ccccc2C(=O)O)cc1F. The van der Waals surface area contributed by atoms with E-state index in [9.17, 15) is 14.7 Å². The molecule has 0 saturated carbocycles. The van der Waals surface area contributed by atoms with Gasteiger partial charge in [-0.3, -0.25) is 4.79 Å². The van der Waals surface area contributed by atoms with E-state index in [1.165, 1.54) is 12.1 Å². The molecule has 0 aliphatic carbocycles. The predicted octanol–water partition coefficient (Wildman–Crippen LogP) is 6.96. The lowest BCUT2D eigenvalue weighted by atomic mass is 9.96. The zero-order chi connectivity index (χ0) is 29.6. The summed E-state index contributed by atoms with van der Waals surface area (Å²) in [5, 5.41) is 12.5. The lowest BCUT2D eigenvalue weighted by Crippen LogP contribution is -2.30.